The molecule has 0 amide bonds. The quantitative estimate of drug-likeness (QED) is 0.636. The van der Waals surface area contributed by atoms with Gasteiger partial charge in [-0.05, 0) is 42.8 Å². The molecule has 0 saturated carbocycles. The minimum atomic E-state index is -3.94. The van der Waals surface area contributed by atoms with Crippen LogP contribution in [0.15, 0.2) is 59.1 Å². The number of unbranched alkanes of at least 4 members (excludes halogenated alkanes) is 1. The second-order valence-corrected chi connectivity index (χ2v) is 8.82. The Kier molecular flexibility index (Phi) is 6.10. The second-order valence-electron chi connectivity index (χ2n) is 6.56. The van der Waals surface area contributed by atoms with Crippen LogP contribution >= 0.6 is 11.6 Å². The highest BCUT2D eigenvalue weighted by atomic mass is 35.5. The van der Waals surface area contributed by atoms with Crippen LogP contribution in [0.25, 0.3) is 5.76 Å². The third-order valence-electron chi connectivity index (χ3n) is 4.49. The van der Waals surface area contributed by atoms with Crippen LogP contribution in [-0.4, -0.2) is 31.0 Å². The number of hydrogen-bond acceptors (Lipinski definition) is 5. The summed E-state index contributed by atoms with van der Waals surface area (Å²) in [5, 5.41) is 0.463. The fourth-order valence-electron chi connectivity index (χ4n) is 3.07. The number of ketones is 1. The Morgan fingerprint density at radius 1 is 1.07 bits per heavy atom. The van der Waals surface area contributed by atoms with Gasteiger partial charge in [0.1, 0.15) is 5.70 Å². The maximum absolute atomic E-state index is 13.1. The molecular formula is C21H20ClNO5S. The number of carbonyl (C=O) groups excluding carboxylic acids is 2. The Morgan fingerprint density at radius 3 is 2.34 bits per heavy atom. The zero-order valence-corrected chi connectivity index (χ0v) is 17.6. The average molecular weight is 434 g/mol. The lowest BCUT2D eigenvalue weighted by molar-refractivity contribution is -0.114. The van der Waals surface area contributed by atoms with Gasteiger partial charge in [0.15, 0.2) is 11.5 Å². The number of hydrogen-bond donors (Lipinski definition) is 0. The summed E-state index contributed by atoms with van der Waals surface area (Å²) >= 11 is 5.86. The van der Waals surface area contributed by atoms with Crippen molar-refractivity contribution in [1.29, 1.82) is 0 Å². The number of rotatable bonds is 6. The molecule has 0 aromatic heterocycles. The molecule has 0 saturated heterocycles. The van der Waals surface area contributed by atoms with E-state index in [1.807, 2.05) is 6.92 Å². The van der Waals surface area contributed by atoms with Crippen molar-refractivity contribution >= 4 is 39.1 Å². The lowest BCUT2D eigenvalue weighted by Crippen LogP contribution is -2.38. The van der Waals surface area contributed by atoms with Crippen LogP contribution < -0.4 is 0 Å². The molecule has 1 aliphatic heterocycles. The van der Waals surface area contributed by atoms with Crippen LogP contribution in [0.5, 0.6) is 0 Å². The summed E-state index contributed by atoms with van der Waals surface area (Å²) in [6, 6.07) is 12.3. The fourth-order valence-corrected chi connectivity index (χ4v) is 4.94. The first-order valence-electron chi connectivity index (χ1n) is 9.12. The number of carbonyl (C=O) groups is 2. The monoisotopic (exact) mass is 433 g/mol. The topological polar surface area (TPSA) is 80.8 Å². The predicted octanol–water partition coefficient (Wildman–Crippen LogP) is 4.26. The molecule has 0 unspecified atom stereocenters. The first-order chi connectivity index (χ1) is 13.8. The van der Waals surface area contributed by atoms with Gasteiger partial charge in [0.2, 0.25) is 0 Å². The summed E-state index contributed by atoms with van der Waals surface area (Å²) in [7, 11) is -3.94. The van der Waals surface area contributed by atoms with E-state index in [-0.39, 0.29) is 34.0 Å². The van der Waals surface area contributed by atoms with Crippen LogP contribution in [-0.2, 0) is 19.6 Å². The van der Waals surface area contributed by atoms with Gasteiger partial charge < -0.3 is 4.74 Å². The Hall–Kier alpha value is -2.64. The molecule has 152 valence electrons. The number of benzene rings is 2. The van der Waals surface area contributed by atoms with Gasteiger partial charge in [0, 0.05) is 24.1 Å². The molecule has 6 nitrogen and oxygen atoms in total. The van der Waals surface area contributed by atoms with Crippen molar-refractivity contribution in [3.63, 3.8) is 0 Å². The van der Waals surface area contributed by atoms with Crippen molar-refractivity contribution in [3.8, 4) is 0 Å². The van der Waals surface area contributed by atoms with E-state index < -0.39 is 21.8 Å². The van der Waals surface area contributed by atoms with Gasteiger partial charge in [0.05, 0.1) is 10.5 Å². The molecule has 0 radical (unpaired) electrons. The molecule has 29 heavy (non-hydrogen) atoms. The molecule has 2 aromatic rings. The van der Waals surface area contributed by atoms with Crippen LogP contribution in [0.3, 0.4) is 0 Å². The summed E-state index contributed by atoms with van der Waals surface area (Å²) in [5.41, 5.74) is 0.281. The molecule has 0 N–H and O–H groups in total. The first-order valence-corrected chi connectivity index (χ1v) is 10.9. The van der Waals surface area contributed by atoms with E-state index in [4.69, 9.17) is 16.3 Å². The third-order valence-corrected chi connectivity index (χ3v) is 6.60. The SMILES string of the molecule is CCCCN1C(C(C)=O)=C(OC(=O)c2ccc(Cl)cc2)c2ccccc2S1(=O)=O. The fraction of sp³-hybridized carbons (Fsp3) is 0.238. The summed E-state index contributed by atoms with van der Waals surface area (Å²) in [6.45, 7) is 3.29. The summed E-state index contributed by atoms with van der Waals surface area (Å²) in [6.07, 6.45) is 1.29. The van der Waals surface area contributed by atoms with Crippen LogP contribution in [0.1, 0.15) is 42.6 Å². The molecule has 0 spiro atoms. The number of esters is 1. The molecule has 1 aliphatic rings. The highest BCUT2D eigenvalue weighted by molar-refractivity contribution is 7.89. The third kappa shape index (κ3) is 4.06. The molecule has 0 fully saturated rings. The van der Waals surface area contributed by atoms with Crippen molar-refractivity contribution < 1.29 is 22.7 Å². The number of allylic oxidation sites excluding steroid dienone is 1. The normalized spacial score (nSPS) is 15.1. The molecule has 0 aliphatic carbocycles. The minimum absolute atomic E-state index is 0.00000850. The van der Waals surface area contributed by atoms with Crippen molar-refractivity contribution in [1.82, 2.24) is 4.31 Å². The molecule has 1 heterocycles. The Labute approximate surface area is 174 Å². The Balaban J connectivity index is 2.16. The van der Waals surface area contributed by atoms with Crippen LogP contribution in [0.2, 0.25) is 5.02 Å². The number of ether oxygens (including phenoxy) is 1. The van der Waals surface area contributed by atoms with E-state index in [0.29, 0.717) is 11.4 Å². The van der Waals surface area contributed by atoms with E-state index in [1.54, 1.807) is 24.3 Å². The number of Topliss-reactive ketones (excluding diaryl/α,β-unsaturated/α-hetero) is 1. The van der Waals surface area contributed by atoms with Gasteiger partial charge >= 0.3 is 5.97 Å². The van der Waals surface area contributed by atoms with E-state index in [0.717, 1.165) is 10.7 Å². The second kappa shape index (κ2) is 8.39. The summed E-state index contributed by atoms with van der Waals surface area (Å²) in [4.78, 5) is 25.2. The van der Waals surface area contributed by atoms with E-state index in [2.05, 4.69) is 0 Å². The van der Waals surface area contributed by atoms with Crippen molar-refractivity contribution in [2.75, 3.05) is 6.54 Å². The number of sulfonamides is 1. The predicted molar refractivity (Wildman–Crippen MR) is 110 cm³/mol. The van der Waals surface area contributed by atoms with Gasteiger partial charge in [-0.2, -0.15) is 0 Å². The van der Waals surface area contributed by atoms with Gasteiger partial charge in [-0.25, -0.2) is 13.2 Å². The van der Waals surface area contributed by atoms with Crippen molar-refractivity contribution in [3.05, 3.63) is 70.4 Å². The van der Waals surface area contributed by atoms with E-state index in [9.17, 15) is 18.0 Å². The van der Waals surface area contributed by atoms with Gasteiger partial charge in [-0.15, -0.1) is 0 Å². The molecule has 0 atom stereocenters. The summed E-state index contributed by atoms with van der Waals surface area (Å²) in [5.74, 6) is -1.27. The first kappa shape index (κ1) is 21.1. The minimum Gasteiger partial charge on any atom is -0.420 e. The number of fused-ring (bicyclic) bond motifs is 1. The number of nitrogens with zero attached hydrogens (tertiary/aromatic N) is 1. The van der Waals surface area contributed by atoms with Crippen molar-refractivity contribution in [2.45, 2.75) is 31.6 Å². The summed E-state index contributed by atoms with van der Waals surface area (Å²) < 4.78 is 32.9. The standard InChI is InChI=1S/C21H20ClNO5S/c1-3-4-13-23-19(14(2)24)20(17-7-5-6-8-18(17)29(23,26)27)28-21(25)15-9-11-16(22)12-10-15/h5-12H,3-4,13H2,1-2H3. The molecule has 3 rings (SSSR count). The van der Waals surface area contributed by atoms with Crippen molar-refractivity contribution in [2.24, 2.45) is 0 Å². The van der Waals surface area contributed by atoms with Crippen LogP contribution in [0, 0.1) is 0 Å². The highest BCUT2D eigenvalue weighted by Crippen LogP contribution is 2.38. The molecule has 2 aromatic carbocycles. The largest absolute Gasteiger partial charge is 0.420 e. The van der Waals surface area contributed by atoms with Gasteiger partial charge in [0.25, 0.3) is 10.0 Å². The van der Waals surface area contributed by atoms with E-state index >= 15 is 0 Å². The van der Waals surface area contributed by atoms with Gasteiger partial charge in [-0.1, -0.05) is 37.1 Å². The molecular weight excluding hydrogens is 414 g/mol. The van der Waals surface area contributed by atoms with Crippen LogP contribution in [0.4, 0.5) is 0 Å². The maximum atomic E-state index is 13.1. The Bertz CT molecular complexity index is 1090. The zero-order valence-electron chi connectivity index (χ0n) is 16.0. The molecule has 0 bridgehead atoms. The zero-order chi connectivity index (χ0) is 21.2. The lowest BCUT2D eigenvalue weighted by atomic mass is 10.1. The number of halogens is 1. The average Bonchev–Trinajstić information content (AvgIpc) is 2.69. The smallest absolute Gasteiger partial charge is 0.343 e. The van der Waals surface area contributed by atoms with Gasteiger partial charge in [-0.3, -0.25) is 9.10 Å². The maximum Gasteiger partial charge on any atom is 0.343 e. The highest BCUT2D eigenvalue weighted by Gasteiger charge is 2.40. The lowest BCUT2D eigenvalue weighted by Gasteiger charge is -2.32. The Morgan fingerprint density at radius 2 is 1.72 bits per heavy atom. The molecule has 8 heteroatoms. The van der Waals surface area contributed by atoms with E-state index in [1.165, 1.54) is 31.2 Å².